The molecule has 0 fully saturated rings. The largest absolute Gasteiger partial charge is 0.457 e. The smallest absolute Gasteiger partial charge is 0.127 e. The number of rotatable bonds is 4. The Kier molecular flexibility index (Phi) is 3.83. The molecule has 0 saturated carbocycles. The number of aromatic nitrogens is 1. The molecule has 2 aromatic carbocycles. The van der Waals surface area contributed by atoms with Gasteiger partial charge in [-0.15, -0.1) is 0 Å². The average molecular weight is 276 g/mol. The molecule has 0 radical (unpaired) electrons. The van der Waals surface area contributed by atoms with Crippen molar-refractivity contribution in [3.05, 3.63) is 78.6 Å². The van der Waals surface area contributed by atoms with Crippen LogP contribution in [0, 0.1) is 0 Å². The molecule has 0 N–H and O–H groups in total. The molecule has 0 spiro atoms. The van der Waals surface area contributed by atoms with Crippen LogP contribution in [0.2, 0.25) is 0 Å². The van der Waals surface area contributed by atoms with Crippen LogP contribution in [0.4, 0.5) is 5.69 Å². The van der Waals surface area contributed by atoms with E-state index >= 15 is 0 Å². The molecule has 0 atom stereocenters. The highest BCUT2D eigenvalue weighted by molar-refractivity contribution is 5.80. The summed E-state index contributed by atoms with van der Waals surface area (Å²) in [7, 11) is 2.00. The standard InChI is InChI=1S/C18H16N2O/c1-20-13-5-6-16(20)14-19-15-9-11-18(12-10-15)21-17-7-3-2-4-8-17/h2-14H,1H3. The van der Waals surface area contributed by atoms with Crippen LogP contribution in [0.25, 0.3) is 0 Å². The van der Waals surface area contributed by atoms with E-state index in [9.17, 15) is 0 Å². The lowest BCUT2D eigenvalue weighted by Gasteiger charge is -2.05. The predicted octanol–water partition coefficient (Wildman–Crippen LogP) is 4.57. The third-order valence-corrected chi connectivity index (χ3v) is 3.15. The average Bonchev–Trinajstić information content (AvgIpc) is 2.93. The van der Waals surface area contributed by atoms with Gasteiger partial charge in [-0.1, -0.05) is 18.2 Å². The first-order valence-corrected chi connectivity index (χ1v) is 6.80. The van der Waals surface area contributed by atoms with Crippen LogP contribution in [-0.2, 0) is 7.05 Å². The van der Waals surface area contributed by atoms with Gasteiger partial charge in [-0.25, -0.2) is 0 Å². The van der Waals surface area contributed by atoms with E-state index in [1.807, 2.05) is 90.8 Å². The third-order valence-electron chi connectivity index (χ3n) is 3.15. The highest BCUT2D eigenvalue weighted by Gasteiger charge is 1.97. The number of benzene rings is 2. The van der Waals surface area contributed by atoms with Gasteiger partial charge in [-0.3, -0.25) is 4.99 Å². The zero-order chi connectivity index (χ0) is 14.5. The molecule has 3 heteroatoms. The van der Waals surface area contributed by atoms with Gasteiger partial charge >= 0.3 is 0 Å². The minimum atomic E-state index is 0.805. The molecule has 1 heterocycles. The summed E-state index contributed by atoms with van der Waals surface area (Å²) in [6.45, 7) is 0. The summed E-state index contributed by atoms with van der Waals surface area (Å²) in [5.41, 5.74) is 1.97. The van der Waals surface area contributed by atoms with Crippen molar-refractivity contribution in [2.45, 2.75) is 0 Å². The summed E-state index contributed by atoms with van der Waals surface area (Å²) in [6.07, 6.45) is 3.85. The van der Waals surface area contributed by atoms with Gasteiger partial charge in [0.2, 0.25) is 0 Å². The molecule has 0 aliphatic heterocycles. The van der Waals surface area contributed by atoms with E-state index in [0.717, 1.165) is 22.9 Å². The van der Waals surface area contributed by atoms with Gasteiger partial charge in [0.1, 0.15) is 11.5 Å². The van der Waals surface area contributed by atoms with Crippen molar-refractivity contribution < 1.29 is 4.74 Å². The van der Waals surface area contributed by atoms with Crippen molar-refractivity contribution in [1.82, 2.24) is 4.57 Å². The highest BCUT2D eigenvalue weighted by atomic mass is 16.5. The van der Waals surface area contributed by atoms with Crippen LogP contribution in [0.3, 0.4) is 0 Å². The first kappa shape index (κ1) is 13.2. The normalized spacial score (nSPS) is 10.9. The van der Waals surface area contributed by atoms with Crippen LogP contribution in [0.15, 0.2) is 77.9 Å². The van der Waals surface area contributed by atoms with Crippen LogP contribution < -0.4 is 4.74 Å². The number of para-hydroxylation sites is 1. The minimum absolute atomic E-state index is 0.805. The highest BCUT2D eigenvalue weighted by Crippen LogP contribution is 2.23. The SMILES string of the molecule is Cn1cccc1C=Nc1ccc(Oc2ccccc2)cc1. The summed E-state index contributed by atoms with van der Waals surface area (Å²) >= 11 is 0. The number of hydrogen-bond acceptors (Lipinski definition) is 2. The Morgan fingerprint density at radius 2 is 1.57 bits per heavy atom. The maximum absolute atomic E-state index is 5.75. The monoisotopic (exact) mass is 276 g/mol. The van der Waals surface area contributed by atoms with E-state index in [4.69, 9.17) is 4.74 Å². The van der Waals surface area contributed by atoms with Crippen LogP contribution in [-0.4, -0.2) is 10.8 Å². The maximum atomic E-state index is 5.75. The topological polar surface area (TPSA) is 26.5 Å². The maximum Gasteiger partial charge on any atom is 0.127 e. The van der Waals surface area contributed by atoms with Gasteiger partial charge in [-0.05, 0) is 48.5 Å². The van der Waals surface area contributed by atoms with E-state index in [1.54, 1.807) is 0 Å². The molecule has 1 aromatic heterocycles. The first-order valence-electron chi connectivity index (χ1n) is 6.80. The second kappa shape index (κ2) is 6.09. The Morgan fingerprint density at radius 1 is 0.857 bits per heavy atom. The number of aryl methyl sites for hydroxylation is 1. The van der Waals surface area contributed by atoms with E-state index in [0.29, 0.717) is 0 Å². The second-order valence-corrected chi connectivity index (χ2v) is 4.71. The zero-order valence-electron chi connectivity index (χ0n) is 11.8. The summed E-state index contributed by atoms with van der Waals surface area (Å²) < 4.78 is 7.77. The number of aliphatic imine (C=N–C) groups is 1. The Morgan fingerprint density at radius 3 is 2.24 bits per heavy atom. The summed E-state index contributed by atoms with van der Waals surface area (Å²) in [6, 6.07) is 21.5. The van der Waals surface area contributed by atoms with Crippen molar-refractivity contribution in [2.75, 3.05) is 0 Å². The van der Waals surface area contributed by atoms with Crippen molar-refractivity contribution in [3.8, 4) is 11.5 Å². The summed E-state index contributed by atoms with van der Waals surface area (Å²) in [4.78, 5) is 4.46. The molecule has 21 heavy (non-hydrogen) atoms. The predicted molar refractivity (Wildman–Crippen MR) is 85.6 cm³/mol. The lowest BCUT2D eigenvalue weighted by molar-refractivity contribution is 0.483. The van der Waals surface area contributed by atoms with Gasteiger partial charge in [0.05, 0.1) is 17.6 Å². The molecule has 0 bridgehead atoms. The molecule has 3 nitrogen and oxygen atoms in total. The molecule has 3 rings (SSSR count). The second-order valence-electron chi connectivity index (χ2n) is 4.71. The lowest BCUT2D eigenvalue weighted by atomic mass is 10.3. The zero-order valence-corrected chi connectivity index (χ0v) is 11.8. The Labute approximate surface area is 124 Å². The Balaban J connectivity index is 1.70. The number of nitrogens with zero attached hydrogens (tertiary/aromatic N) is 2. The van der Waals surface area contributed by atoms with Gasteiger partial charge in [0.25, 0.3) is 0 Å². The van der Waals surface area contributed by atoms with Gasteiger partial charge in [0.15, 0.2) is 0 Å². The molecule has 0 saturated heterocycles. The Hall–Kier alpha value is -2.81. The van der Waals surface area contributed by atoms with Gasteiger partial charge < -0.3 is 9.30 Å². The third kappa shape index (κ3) is 3.39. The van der Waals surface area contributed by atoms with Gasteiger partial charge in [-0.2, -0.15) is 0 Å². The van der Waals surface area contributed by atoms with Crippen molar-refractivity contribution in [2.24, 2.45) is 12.0 Å². The van der Waals surface area contributed by atoms with Gasteiger partial charge in [0, 0.05) is 13.2 Å². The van der Waals surface area contributed by atoms with Crippen LogP contribution in [0.5, 0.6) is 11.5 Å². The van der Waals surface area contributed by atoms with Crippen molar-refractivity contribution >= 4 is 11.9 Å². The molecule has 0 aliphatic carbocycles. The Bertz CT molecular complexity index is 727. The quantitative estimate of drug-likeness (QED) is 0.641. The number of hydrogen-bond donors (Lipinski definition) is 0. The molecular formula is C18H16N2O. The van der Waals surface area contributed by atoms with Crippen LogP contribution in [0.1, 0.15) is 5.69 Å². The fraction of sp³-hybridized carbons (Fsp3) is 0.0556. The summed E-state index contributed by atoms with van der Waals surface area (Å²) in [5.74, 6) is 1.64. The molecule has 0 amide bonds. The van der Waals surface area contributed by atoms with Crippen LogP contribution >= 0.6 is 0 Å². The van der Waals surface area contributed by atoms with E-state index in [-0.39, 0.29) is 0 Å². The molecular weight excluding hydrogens is 260 g/mol. The van der Waals surface area contributed by atoms with E-state index < -0.39 is 0 Å². The fourth-order valence-electron chi connectivity index (χ4n) is 1.97. The lowest BCUT2D eigenvalue weighted by Crippen LogP contribution is -1.91. The molecule has 0 unspecified atom stereocenters. The van der Waals surface area contributed by atoms with Crippen molar-refractivity contribution in [1.29, 1.82) is 0 Å². The van der Waals surface area contributed by atoms with E-state index in [1.165, 1.54) is 0 Å². The summed E-state index contributed by atoms with van der Waals surface area (Å²) in [5, 5.41) is 0. The number of ether oxygens (including phenoxy) is 1. The molecule has 0 aliphatic rings. The van der Waals surface area contributed by atoms with Crippen molar-refractivity contribution in [3.63, 3.8) is 0 Å². The molecule has 3 aromatic rings. The molecule has 104 valence electrons. The first-order chi connectivity index (χ1) is 10.3. The fourth-order valence-corrected chi connectivity index (χ4v) is 1.97. The van der Waals surface area contributed by atoms with E-state index in [2.05, 4.69) is 4.99 Å². The minimum Gasteiger partial charge on any atom is -0.457 e.